The van der Waals surface area contributed by atoms with Gasteiger partial charge in [0.05, 0.1) is 20.8 Å². The van der Waals surface area contributed by atoms with Gasteiger partial charge in [0.15, 0.2) is 17.5 Å². The van der Waals surface area contributed by atoms with E-state index in [4.69, 9.17) is 14.5 Å². The lowest BCUT2D eigenvalue weighted by atomic mass is 10.1. The van der Waals surface area contributed by atoms with E-state index in [0.717, 1.165) is 75.5 Å². The Kier molecular flexibility index (Phi) is 11.0. The fourth-order valence-corrected chi connectivity index (χ4v) is 3.78. The van der Waals surface area contributed by atoms with Crippen molar-refractivity contribution in [3.63, 3.8) is 0 Å². The molecule has 0 atom stereocenters. The van der Waals surface area contributed by atoms with E-state index in [9.17, 15) is 0 Å². The summed E-state index contributed by atoms with van der Waals surface area (Å²) < 4.78 is 12.9. The molecule has 32 heavy (non-hydrogen) atoms. The Morgan fingerprint density at radius 2 is 1.84 bits per heavy atom. The van der Waals surface area contributed by atoms with Crippen LogP contribution >= 0.6 is 24.0 Å². The number of ether oxygens (including phenoxy) is 2. The molecule has 0 radical (unpaired) electrons. The van der Waals surface area contributed by atoms with Crippen molar-refractivity contribution in [2.75, 3.05) is 53.5 Å². The standard InChI is InChI=1S/C22H35N7O2.HI/c1-5-21-26-25-17-29(21)10-9-24-22(23-6-2)28-13-11-27(12-14-28)16-18-7-8-19(30-3)20(15-18)31-4;/h7-8,15,17H,5-6,9-14,16H2,1-4H3,(H,23,24);1H. The average molecular weight is 557 g/mol. The topological polar surface area (TPSA) is 80.0 Å². The Labute approximate surface area is 208 Å². The minimum Gasteiger partial charge on any atom is -0.493 e. The normalized spacial score (nSPS) is 14.8. The van der Waals surface area contributed by atoms with Crippen molar-refractivity contribution in [3.05, 3.63) is 35.9 Å². The third-order valence-corrected chi connectivity index (χ3v) is 5.48. The summed E-state index contributed by atoms with van der Waals surface area (Å²) >= 11 is 0. The second kappa shape index (κ2) is 13.5. The lowest BCUT2D eigenvalue weighted by Gasteiger charge is -2.36. The van der Waals surface area contributed by atoms with Gasteiger partial charge in [-0.3, -0.25) is 9.89 Å². The smallest absolute Gasteiger partial charge is 0.194 e. The quantitative estimate of drug-likeness (QED) is 0.288. The first-order valence-electron chi connectivity index (χ1n) is 11.0. The first-order chi connectivity index (χ1) is 15.2. The molecule has 1 saturated heterocycles. The molecule has 3 rings (SSSR count). The lowest BCUT2D eigenvalue weighted by molar-refractivity contribution is 0.172. The molecule has 1 fully saturated rings. The number of halogens is 1. The van der Waals surface area contributed by atoms with Gasteiger partial charge < -0.3 is 24.3 Å². The van der Waals surface area contributed by atoms with Gasteiger partial charge in [-0.15, -0.1) is 34.2 Å². The van der Waals surface area contributed by atoms with Crippen LogP contribution in [0.3, 0.4) is 0 Å². The van der Waals surface area contributed by atoms with Crippen LogP contribution in [-0.4, -0.2) is 84.0 Å². The second-order valence-corrected chi connectivity index (χ2v) is 7.48. The third-order valence-electron chi connectivity index (χ3n) is 5.48. The van der Waals surface area contributed by atoms with Crippen LogP contribution in [0.2, 0.25) is 0 Å². The number of methoxy groups -OCH3 is 2. The molecule has 0 bridgehead atoms. The molecule has 1 aliphatic rings. The summed E-state index contributed by atoms with van der Waals surface area (Å²) in [7, 11) is 3.34. The van der Waals surface area contributed by atoms with Crippen LogP contribution in [0.1, 0.15) is 25.2 Å². The lowest BCUT2D eigenvalue weighted by Crippen LogP contribution is -2.52. The summed E-state index contributed by atoms with van der Waals surface area (Å²) in [6, 6.07) is 6.14. The summed E-state index contributed by atoms with van der Waals surface area (Å²) in [4.78, 5) is 9.66. The maximum absolute atomic E-state index is 5.43. The molecular weight excluding hydrogens is 521 g/mol. The molecule has 1 aliphatic heterocycles. The number of hydrogen-bond acceptors (Lipinski definition) is 6. The van der Waals surface area contributed by atoms with E-state index in [2.05, 4.69) is 55.9 Å². The molecule has 2 aromatic rings. The molecule has 0 spiro atoms. The summed E-state index contributed by atoms with van der Waals surface area (Å²) in [6.45, 7) is 11.3. The van der Waals surface area contributed by atoms with Crippen molar-refractivity contribution in [2.24, 2.45) is 4.99 Å². The van der Waals surface area contributed by atoms with Crippen LogP contribution in [0.15, 0.2) is 29.5 Å². The van der Waals surface area contributed by atoms with E-state index < -0.39 is 0 Å². The monoisotopic (exact) mass is 557 g/mol. The SMILES string of the molecule is CCNC(=NCCn1cnnc1CC)N1CCN(Cc2ccc(OC)c(OC)c2)CC1.I. The predicted octanol–water partition coefficient (Wildman–Crippen LogP) is 2.26. The van der Waals surface area contributed by atoms with Crippen molar-refractivity contribution >= 4 is 29.9 Å². The molecule has 9 nitrogen and oxygen atoms in total. The second-order valence-electron chi connectivity index (χ2n) is 7.48. The van der Waals surface area contributed by atoms with Crippen molar-refractivity contribution in [1.82, 2.24) is 29.9 Å². The van der Waals surface area contributed by atoms with Gasteiger partial charge in [0.1, 0.15) is 12.2 Å². The number of nitrogens with zero attached hydrogens (tertiary/aromatic N) is 6. The maximum atomic E-state index is 5.43. The Balaban J connectivity index is 0.00000363. The van der Waals surface area contributed by atoms with Gasteiger partial charge in [0, 0.05) is 52.2 Å². The van der Waals surface area contributed by atoms with Crippen molar-refractivity contribution in [1.29, 1.82) is 0 Å². The molecular formula is C22H36IN7O2. The zero-order valence-corrected chi connectivity index (χ0v) is 21.9. The summed E-state index contributed by atoms with van der Waals surface area (Å²) in [5.74, 6) is 3.53. The summed E-state index contributed by atoms with van der Waals surface area (Å²) in [6.07, 6.45) is 2.67. The number of benzene rings is 1. The van der Waals surface area contributed by atoms with E-state index in [1.54, 1.807) is 20.5 Å². The predicted molar refractivity (Wildman–Crippen MR) is 137 cm³/mol. The summed E-state index contributed by atoms with van der Waals surface area (Å²) in [5.41, 5.74) is 1.23. The largest absolute Gasteiger partial charge is 0.493 e. The fourth-order valence-electron chi connectivity index (χ4n) is 3.78. The van der Waals surface area contributed by atoms with Gasteiger partial charge >= 0.3 is 0 Å². The van der Waals surface area contributed by atoms with Crippen LogP contribution in [0.25, 0.3) is 0 Å². The van der Waals surface area contributed by atoms with Crippen LogP contribution in [0, 0.1) is 0 Å². The van der Waals surface area contributed by atoms with Gasteiger partial charge in [-0.1, -0.05) is 13.0 Å². The molecule has 0 unspecified atom stereocenters. The Morgan fingerprint density at radius 1 is 1.09 bits per heavy atom. The van der Waals surface area contributed by atoms with Crippen LogP contribution in [0.5, 0.6) is 11.5 Å². The zero-order valence-electron chi connectivity index (χ0n) is 19.6. The Bertz CT molecular complexity index is 851. The molecule has 1 aromatic carbocycles. The molecule has 2 heterocycles. The molecule has 0 amide bonds. The average Bonchev–Trinajstić information content (AvgIpc) is 3.26. The number of rotatable bonds is 9. The number of aliphatic imine (C=N–C) groups is 1. The Morgan fingerprint density at radius 3 is 2.50 bits per heavy atom. The number of nitrogens with one attached hydrogen (secondary N) is 1. The number of piperazine rings is 1. The highest BCUT2D eigenvalue weighted by Crippen LogP contribution is 2.28. The van der Waals surface area contributed by atoms with Crippen molar-refractivity contribution in [3.8, 4) is 11.5 Å². The summed E-state index contributed by atoms with van der Waals surface area (Å²) in [5, 5.41) is 11.6. The minimum absolute atomic E-state index is 0. The third kappa shape index (κ3) is 6.96. The zero-order chi connectivity index (χ0) is 22.1. The van der Waals surface area contributed by atoms with E-state index in [0.29, 0.717) is 6.54 Å². The van der Waals surface area contributed by atoms with Gasteiger partial charge in [-0.25, -0.2) is 0 Å². The van der Waals surface area contributed by atoms with Gasteiger partial charge in [-0.2, -0.15) is 0 Å². The highest BCUT2D eigenvalue weighted by molar-refractivity contribution is 14.0. The molecule has 1 N–H and O–H groups in total. The number of guanidine groups is 1. The van der Waals surface area contributed by atoms with Crippen molar-refractivity contribution in [2.45, 2.75) is 33.4 Å². The number of aromatic nitrogens is 3. The molecule has 178 valence electrons. The van der Waals surface area contributed by atoms with Crippen molar-refractivity contribution < 1.29 is 9.47 Å². The fraction of sp³-hybridized carbons (Fsp3) is 0.591. The minimum atomic E-state index is 0. The van der Waals surface area contributed by atoms with E-state index >= 15 is 0 Å². The maximum Gasteiger partial charge on any atom is 0.194 e. The van der Waals surface area contributed by atoms with E-state index in [1.165, 1.54) is 5.56 Å². The molecule has 10 heteroatoms. The molecule has 0 saturated carbocycles. The van der Waals surface area contributed by atoms with Gasteiger partial charge in [0.2, 0.25) is 0 Å². The molecule has 0 aliphatic carbocycles. The highest BCUT2D eigenvalue weighted by atomic mass is 127. The molecule has 1 aromatic heterocycles. The van der Waals surface area contributed by atoms with Crippen LogP contribution in [0.4, 0.5) is 0 Å². The highest BCUT2D eigenvalue weighted by Gasteiger charge is 2.20. The Hall–Kier alpha value is -2.08. The van der Waals surface area contributed by atoms with Gasteiger partial charge in [0.25, 0.3) is 0 Å². The van der Waals surface area contributed by atoms with Crippen LogP contribution in [-0.2, 0) is 19.5 Å². The first kappa shape index (κ1) is 26.2. The van der Waals surface area contributed by atoms with Crippen LogP contribution < -0.4 is 14.8 Å². The van der Waals surface area contributed by atoms with Gasteiger partial charge in [-0.05, 0) is 24.6 Å². The van der Waals surface area contributed by atoms with E-state index in [1.807, 2.05) is 6.07 Å². The van der Waals surface area contributed by atoms with E-state index in [-0.39, 0.29) is 24.0 Å². The number of hydrogen-bond donors (Lipinski definition) is 1. The first-order valence-corrected chi connectivity index (χ1v) is 11.0. The number of aryl methyl sites for hydroxylation is 1.